The van der Waals surface area contributed by atoms with Crippen molar-refractivity contribution in [1.29, 1.82) is 0 Å². The summed E-state index contributed by atoms with van der Waals surface area (Å²) >= 11 is 0. The molecule has 0 saturated carbocycles. The van der Waals surface area contributed by atoms with Crippen molar-refractivity contribution >= 4 is 0 Å². The Bertz CT molecular complexity index is 1330. The zero-order chi connectivity index (χ0) is 31.5. The molecule has 0 aliphatic carbocycles. The number of aryl methyl sites for hydroxylation is 2. The molecule has 0 unspecified atom stereocenters. The van der Waals surface area contributed by atoms with Crippen LogP contribution in [0.2, 0.25) is 0 Å². The SMILES string of the molecule is CCN(CC)Cc1cc(-c2cccn2C)cc(CN(CCCCN)Cc2cc(-c3cccn3C)cc(CN(CC)CC)n2)n1. The van der Waals surface area contributed by atoms with Crippen molar-refractivity contribution in [3.05, 3.63) is 83.7 Å². The topological polar surface area (TPSA) is 71.4 Å². The summed E-state index contributed by atoms with van der Waals surface area (Å²) in [6.45, 7) is 17.8. The van der Waals surface area contributed by atoms with Crippen molar-refractivity contribution in [3.8, 4) is 22.5 Å². The lowest BCUT2D eigenvalue weighted by Crippen LogP contribution is -2.27. The Kier molecular flexibility index (Phi) is 12.7. The summed E-state index contributed by atoms with van der Waals surface area (Å²) in [6, 6.07) is 17.7. The first-order valence-corrected chi connectivity index (χ1v) is 16.5. The summed E-state index contributed by atoms with van der Waals surface area (Å²) in [6.07, 6.45) is 6.27. The zero-order valence-electron chi connectivity index (χ0n) is 28.0. The quantitative estimate of drug-likeness (QED) is 0.144. The Hall–Kier alpha value is -3.30. The predicted molar refractivity (Wildman–Crippen MR) is 183 cm³/mol. The summed E-state index contributed by atoms with van der Waals surface area (Å²) in [5, 5.41) is 0. The molecular formula is C36H54N8. The molecule has 4 rings (SSSR count). The van der Waals surface area contributed by atoms with E-state index in [0.29, 0.717) is 6.54 Å². The fourth-order valence-electron chi connectivity index (χ4n) is 5.95. The molecule has 44 heavy (non-hydrogen) atoms. The van der Waals surface area contributed by atoms with Crippen LogP contribution in [0.3, 0.4) is 0 Å². The van der Waals surface area contributed by atoms with Crippen LogP contribution in [0.15, 0.2) is 60.9 Å². The molecule has 4 aromatic heterocycles. The number of pyridine rings is 2. The van der Waals surface area contributed by atoms with E-state index in [1.54, 1.807) is 0 Å². The summed E-state index contributed by atoms with van der Waals surface area (Å²) in [5.74, 6) is 0. The van der Waals surface area contributed by atoms with Crippen LogP contribution in [-0.2, 0) is 40.3 Å². The van der Waals surface area contributed by atoms with Crippen molar-refractivity contribution in [2.24, 2.45) is 19.8 Å². The molecule has 0 saturated heterocycles. The van der Waals surface area contributed by atoms with Crippen LogP contribution in [0.25, 0.3) is 22.5 Å². The van der Waals surface area contributed by atoms with E-state index in [4.69, 9.17) is 15.7 Å². The molecule has 8 heteroatoms. The van der Waals surface area contributed by atoms with Crippen LogP contribution in [0.5, 0.6) is 0 Å². The third-order valence-corrected chi connectivity index (χ3v) is 8.60. The minimum absolute atomic E-state index is 0.707. The molecule has 0 aromatic carbocycles. The fourth-order valence-corrected chi connectivity index (χ4v) is 5.95. The average molecular weight is 599 g/mol. The summed E-state index contributed by atoms with van der Waals surface area (Å²) in [4.78, 5) is 17.8. The van der Waals surface area contributed by atoms with Crippen molar-refractivity contribution in [2.45, 2.75) is 66.7 Å². The molecule has 8 nitrogen and oxygen atoms in total. The molecule has 0 bridgehead atoms. The summed E-state index contributed by atoms with van der Waals surface area (Å²) in [5.41, 5.74) is 15.2. The number of rotatable bonds is 18. The van der Waals surface area contributed by atoms with Gasteiger partial charge in [-0.25, -0.2) is 0 Å². The number of aromatic nitrogens is 4. The van der Waals surface area contributed by atoms with Gasteiger partial charge in [0.05, 0.1) is 22.8 Å². The van der Waals surface area contributed by atoms with Gasteiger partial charge in [0.1, 0.15) is 0 Å². The van der Waals surface area contributed by atoms with Crippen molar-refractivity contribution < 1.29 is 0 Å². The number of nitrogens with zero attached hydrogens (tertiary/aromatic N) is 7. The Balaban J connectivity index is 1.69. The molecule has 4 heterocycles. The molecule has 0 fully saturated rings. The molecule has 238 valence electrons. The third-order valence-electron chi connectivity index (χ3n) is 8.60. The molecule has 0 aliphatic rings. The molecule has 0 radical (unpaired) electrons. The lowest BCUT2D eigenvalue weighted by Gasteiger charge is -2.24. The molecule has 0 aliphatic heterocycles. The van der Waals surface area contributed by atoms with Gasteiger partial charge in [-0.15, -0.1) is 0 Å². The van der Waals surface area contributed by atoms with E-state index in [-0.39, 0.29) is 0 Å². The van der Waals surface area contributed by atoms with Crippen LogP contribution in [-0.4, -0.2) is 73.1 Å². The predicted octanol–water partition coefficient (Wildman–Crippen LogP) is 5.91. The highest BCUT2D eigenvalue weighted by Gasteiger charge is 2.16. The maximum absolute atomic E-state index is 5.92. The van der Waals surface area contributed by atoms with Gasteiger partial charge in [-0.3, -0.25) is 24.7 Å². The van der Waals surface area contributed by atoms with Gasteiger partial charge in [-0.1, -0.05) is 27.7 Å². The van der Waals surface area contributed by atoms with Crippen molar-refractivity contribution in [2.75, 3.05) is 39.3 Å². The van der Waals surface area contributed by atoms with Gasteiger partial charge in [-0.2, -0.15) is 0 Å². The lowest BCUT2D eigenvalue weighted by atomic mass is 10.1. The Morgan fingerprint density at radius 2 is 0.977 bits per heavy atom. The van der Waals surface area contributed by atoms with E-state index in [9.17, 15) is 0 Å². The molecule has 0 spiro atoms. The molecule has 0 atom stereocenters. The van der Waals surface area contributed by atoms with E-state index in [0.717, 1.165) is 94.5 Å². The average Bonchev–Trinajstić information content (AvgIpc) is 3.66. The highest BCUT2D eigenvalue weighted by atomic mass is 15.2. The minimum Gasteiger partial charge on any atom is -0.351 e. The standard InChI is InChI=1S/C36H54N8/c1-7-42(8-2)25-31-21-29(35-15-13-18-40(35)5)23-33(38-31)27-44(20-12-11-17-37)28-34-24-30(36-16-14-19-41(36)6)22-32(39-34)26-43(9-3)10-4/h13-16,18-19,21-24H,7-12,17,20,25-28,37H2,1-6H3. The van der Waals surface area contributed by atoms with Crippen LogP contribution < -0.4 is 5.73 Å². The van der Waals surface area contributed by atoms with E-state index in [2.05, 4.69) is 127 Å². The van der Waals surface area contributed by atoms with Gasteiger partial charge in [0.25, 0.3) is 0 Å². The van der Waals surface area contributed by atoms with Crippen LogP contribution >= 0.6 is 0 Å². The first-order valence-electron chi connectivity index (χ1n) is 16.5. The summed E-state index contributed by atoms with van der Waals surface area (Å²) in [7, 11) is 4.22. The van der Waals surface area contributed by atoms with Crippen molar-refractivity contribution in [3.63, 3.8) is 0 Å². The van der Waals surface area contributed by atoms with Gasteiger partial charge >= 0.3 is 0 Å². The second-order valence-electron chi connectivity index (χ2n) is 11.8. The van der Waals surface area contributed by atoms with Gasteiger partial charge < -0.3 is 14.9 Å². The zero-order valence-corrected chi connectivity index (χ0v) is 28.0. The smallest absolute Gasteiger partial charge is 0.0554 e. The highest BCUT2D eigenvalue weighted by Crippen LogP contribution is 2.25. The van der Waals surface area contributed by atoms with Gasteiger partial charge in [0.15, 0.2) is 0 Å². The van der Waals surface area contributed by atoms with Gasteiger partial charge in [0.2, 0.25) is 0 Å². The van der Waals surface area contributed by atoms with Crippen molar-refractivity contribution in [1.82, 2.24) is 33.8 Å². The summed E-state index contributed by atoms with van der Waals surface area (Å²) < 4.78 is 4.38. The second-order valence-corrected chi connectivity index (χ2v) is 11.8. The van der Waals surface area contributed by atoms with Crippen LogP contribution in [0.1, 0.15) is 63.3 Å². The normalized spacial score (nSPS) is 11.9. The second kappa shape index (κ2) is 16.7. The largest absolute Gasteiger partial charge is 0.351 e. The first kappa shape index (κ1) is 33.6. The number of hydrogen-bond donors (Lipinski definition) is 1. The van der Waals surface area contributed by atoms with Gasteiger partial charge in [0, 0.05) is 75.2 Å². The van der Waals surface area contributed by atoms with E-state index < -0.39 is 0 Å². The van der Waals surface area contributed by atoms with E-state index in [1.807, 2.05) is 0 Å². The fraction of sp³-hybridized carbons (Fsp3) is 0.500. The molecule has 4 aromatic rings. The number of hydrogen-bond acceptors (Lipinski definition) is 6. The first-order chi connectivity index (χ1) is 21.4. The molecule has 2 N–H and O–H groups in total. The molecule has 0 amide bonds. The van der Waals surface area contributed by atoms with Gasteiger partial charge in [-0.05, 0) is 101 Å². The lowest BCUT2D eigenvalue weighted by molar-refractivity contribution is 0.244. The van der Waals surface area contributed by atoms with E-state index in [1.165, 1.54) is 22.5 Å². The maximum Gasteiger partial charge on any atom is 0.0554 e. The highest BCUT2D eigenvalue weighted by molar-refractivity contribution is 5.62. The maximum atomic E-state index is 5.92. The Morgan fingerprint density at radius 1 is 0.591 bits per heavy atom. The van der Waals surface area contributed by atoms with Crippen LogP contribution in [0, 0.1) is 0 Å². The Morgan fingerprint density at radius 3 is 1.30 bits per heavy atom. The Labute approximate surface area is 265 Å². The number of nitrogens with two attached hydrogens (primary N) is 1. The van der Waals surface area contributed by atoms with Crippen LogP contribution in [0.4, 0.5) is 0 Å². The number of unbranched alkanes of at least 4 members (excludes halogenated alkanes) is 1. The monoisotopic (exact) mass is 598 g/mol. The minimum atomic E-state index is 0.707. The third kappa shape index (κ3) is 9.11. The van der Waals surface area contributed by atoms with E-state index >= 15 is 0 Å². The molecular weight excluding hydrogens is 544 g/mol.